The number of hydrogen-bond acceptors (Lipinski definition) is 4. The molecule has 29 heavy (non-hydrogen) atoms. The number of aromatic nitrogens is 2. The molecule has 0 aliphatic heterocycles. The number of thioether (sulfide) groups is 1. The molecule has 0 aliphatic rings. The van der Waals surface area contributed by atoms with E-state index in [9.17, 15) is 14.0 Å². The van der Waals surface area contributed by atoms with Crippen molar-refractivity contribution in [2.75, 3.05) is 6.54 Å². The monoisotopic (exact) mass is 413 g/mol. The predicted molar refractivity (Wildman–Crippen MR) is 115 cm³/mol. The van der Waals surface area contributed by atoms with Crippen LogP contribution in [0.15, 0.2) is 58.5 Å². The number of rotatable bonds is 7. The Morgan fingerprint density at radius 1 is 1.14 bits per heavy atom. The van der Waals surface area contributed by atoms with E-state index in [2.05, 4.69) is 24.1 Å². The highest BCUT2D eigenvalue weighted by Gasteiger charge is 2.21. The Hall–Kier alpha value is -2.67. The highest BCUT2D eigenvalue weighted by Crippen LogP contribution is 2.26. The summed E-state index contributed by atoms with van der Waals surface area (Å²) in [5.41, 5.74) is 0.265. The molecule has 1 atom stereocenters. The van der Waals surface area contributed by atoms with Gasteiger partial charge < -0.3 is 5.32 Å². The standard InChI is InChI=1S/C22H24FN3O2S/c1-14(2)12-13-24-20(27)15(3)29-22-25-18-10-6-4-8-16(18)21(28)26(22)19-11-7-5-9-17(19)23/h4-11,14-15H,12-13H2,1-3H3,(H,24,27). The minimum absolute atomic E-state index is 0.116. The van der Waals surface area contributed by atoms with Gasteiger partial charge in [-0.15, -0.1) is 0 Å². The first-order valence-electron chi connectivity index (χ1n) is 9.59. The summed E-state index contributed by atoms with van der Waals surface area (Å²) >= 11 is 1.14. The number of carbonyl (C=O) groups excluding carboxylic acids is 1. The van der Waals surface area contributed by atoms with Gasteiger partial charge >= 0.3 is 0 Å². The van der Waals surface area contributed by atoms with Gasteiger partial charge in [0.1, 0.15) is 5.82 Å². The third-order valence-corrected chi connectivity index (χ3v) is 5.56. The molecule has 0 saturated carbocycles. The molecule has 3 rings (SSSR count). The van der Waals surface area contributed by atoms with Gasteiger partial charge in [-0.25, -0.2) is 9.37 Å². The van der Waals surface area contributed by atoms with Crippen molar-refractivity contribution in [3.8, 4) is 5.69 Å². The zero-order valence-electron chi connectivity index (χ0n) is 16.7. The lowest BCUT2D eigenvalue weighted by Gasteiger charge is -2.17. The molecule has 3 aromatic rings. The van der Waals surface area contributed by atoms with E-state index in [1.807, 2.05) is 0 Å². The molecule has 5 nitrogen and oxygen atoms in total. The predicted octanol–water partition coefficient (Wildman–Crippen LogP) is 4.17. The van der Waals surface area contributed by atoms with E-state index in [1.54, 1.807) is 43.3 Å². The Morgan fingerprint density at radius 3 is 2.55 bits per heavy atom. The number of fused-ring (bicyclic) bond motifs is 1. The lowest BCUT2D eigenvalue weighted by molar-refractivity contribution is -0.120. The minimum Gasteiger partial charge on any atom is -0.355 e. The van der Waals surface area contributed by atoms with Crippen molar-refractivity contribution in [1.29, 1.82) is 0 Å². The second-order valence-corrected chi connectivity index (χ2v) is 8.55. The van der Waals surface area contributed by atoms with Crippen molar-refractivity contribution >= 4 is 28.6 Å². The Morgan fingerprint density at radius 2 is 1.83 bits per heavy atom. The molecule has 0 fully saturated rings. The SMILES string of the molecule is CC(C)CCNC(=O)C(C)Sc1nc2ccccc2c(=O)n1-c1ccccc1F. The Kier molecular flexibility index (Phi) is 6.69. The van der Waals surface area contributed by atoms with Crippen LogP contribution in [0, 0.1) is 11.7 Å². The molecule has 1 unspecified atom stereocenters. The van der Waals surface area contributed by atoms with Crippen LogP contribution in [0.5, 0.6) is 0 Å². The Balaban J connectivity index is 2.00. The van der Waals surface area contributed by atoms with E-state index in [-0.39, 0.29) is 22.3 Å². The fraction of sp³-hybridized carbons (Fsp3) is 0.318. The molecule has 1 N–H and O–H groups in total. The number of hydrogen-bond donors (Lipinski definition) is 1. The number of halogens is 1. The normalized spacial score (nSPS) is 12.3. The number of nitrogens with zero attached hydrogens (tertiary/aromatic N) is 2. The van der Waals surface area contributed by atoms with Crippen LogP contribution in [0.2, 0.25) is 0 Å². The number of para-hydroxylation sites is 2. The summed E-state index contributed by atoms with van der Waals surface area (Å²) in [4.78, 5) is 30.2. The maximum absolute atomic E-state index is 14.5. The van der Waals surface area contributed by atoms with Crippen LogP contribution < -0.4 is 10.9 Å². The first kappa shape index (κ1) is 21.0. The summed E-state index contributed by atoms with van der Waals surface area (Å²) in [7, 11) is 0. The van der Waals surface area contributed by atoms with Gasteiger partial charge in [-0.05, 0) is 43.5 Å². The van der Waals surface area contributed by atoms with Crippen molar-refractivity contribution in [1.82, 2.24) is 14.9 Å². The topological polar surface area (TPSA) is 64.0 Å². The minimum atomic E-state index is -0.525. The van der Waals surface area contributed by atoms with Crippen molar-refractivity contribution in [3.05, 3.63) is 64.7 Å². The second kappa shape index (κ2) is 9.22. The third kappa shape index (κ3) is 4.85. The summed E-state index contributed by atoms with van der Waals surface area (Å²) in [6, 6.07) is 13.0. The fourth-order valence-corrected chi connectivity index (χ4v) is 3.82. The molecule has 1 heterocycles. The largest absolute Gasteiger partial charge is 0.355 e. The van der Waals surface area contributed by atoms with Gasteiger partial charge in [-0.2, -0.15) is 0 Å². The molecule has 152 valence electrons. The first-order valence-corrected chi connectivity index (χ1v) is 10.5. The molecule has 0 aliphatic carbocycles. The third-order valence-electron chi connectivity index (χ3n) is 4.51. The zero-order chi connectivity index (χ0) is 21.0. The molecule has 7 heteroatoms. The molecular formula is C22H24FN3O2S. The molecule has 2 aromatic carbocycles. The Labute approximate surface area is 173 Å². The van der Waals surface area contributed by atoms with Gasteiger partial charge in [-0.1, -0.05) is 49.9 Å². The highest BCUT2D eigenvalue weighted by atomic mass is 32.2. The van der Waals surface area contributed by atoms with Crippen LogP contribution >= 0.6 is 11.8 Å². The molecule has 0 bridgehead atoms. The molecule has 0 radical (unpaired) electrons. The summed E-state index contributed by atoms with van der Waals surface area (Å²) in [5, 5.41) is 3.10. The van der Waals surface area contributed by atoms with E-state index in [1.165, 1.54) is 16.7 Å². The summed E-state index contributed by atoms with van der Waals surface area (Å²) in [6.07, 6.45) is 0.886. The molecule has 1 aromatic heterocycles. The Bertz CT molecular complexity index is 1080. The maximum atomic E-state index is 14.5. The van der Waals surface area contributed by atoms with Gasteiger partial charge in [0.25, 0.3) is 5.56 Å². The van der Waals surface area contributed by atoms with Crippen LogP contribution in [0.1, 0.15) is 27.2 Å². The summed E-state index contributed by atoms with van der Waals surface area (Å²) in [6.45, 7) is 6.53. The van der Waals surface area contributed by atoms with E-state index in [0.717, 1.165) is 18.2 Å². The van der Waals surface area contributed by atoms with Gasteiger partial charge in [0.05, 0.1) is 21.8 Å². The van der Waals surface area contributed by atoms with Crippen molar-refractivity contribution < 1.29 is 9.18 Å². The average molecular weight is 414 g/mol. The van der Waals surface area contributed by atoms with Crippen molar-refractivity contribution in [3.63, 3.8) is 0 Å². The lowest BCUT2D eigenvalue weighted by atomic mass is 10.1. The van der Waals surface area contributed by atoms with E-state index in [4.69, 9.17) is 0 Å². The average Bonchev–Trinajstić information content (AvgIpc) is 2.69. The molecule has 1 amide bonds. The summed E-state index contributed by atoms with van der Waals surface area (Å²) < 4.78 is 15.7. The van der Waals surface area contributed by atoms with Gasteiger partial charge in [-0.3, -0.25) is 14.2 Å². The van der Waals surface area contributed by atoms with Gasteiger partial charge in [0.2, 0.25) is 5.91 Å². The zero-order valence-corrected chi connectivity index (χ0v) is 17.5. The van der Waals surface area contributed by atoms with Crippen LogP contribution in [0.3, 0.4) is 0 Å². The fourth-order valence-electron chi connectivity index (χ4n) is 2.88. The van der Waals surface area contributed by atoms with E-state index < -0.39 is 11.1 Å². The van der Waals surface area contributed by atoms with E-state index in [0.29, 0.717) is 23.4 Å². The maximum Gasteiger partial charge on any atom is 0.266 e. The molecule has 0 spiro atoms. The smallest absolute Gasteiger partial charge is 0.266 e. The van der Waals surface area contributed by atoms with Crippen molar-refractivity contribution in [2.24, 2.45) is 5.92 Å². The number of carbonyl (C=O) groups is 1. The number of nitrogens with one attached hydrogen (secondary N) is 1. The quantitative estimate of drug-likeness (QED) is 0.466. The van der Waals surface area contributed by atoms with Crippen molar-refractivity contribution in [2.45, 2.75) is 37.6 Å². The first-order chi connectivity index (χ1) is 13.9. The van der Waals surface area contributed by atoms with Crippen LogP contribution in [0.4, 0.5) is 4.39 Å². The molecular weight excluding hydrogens is 389 g/mol. The van der Waals surface area contributed by atoms with Crippen LogP contribution in [0.25, 0.3) is 16.6 Å². The van der Waals surface area contributed by atoms with Gasteiger partial charge in [0, 0.05) is 6.54 Å². The second-order valence-electron chi connectivity index (χ2n) is 7.24. The number of benzene rings is 2. The van der Waals surface area contributed by atoms with Gasteiger partial charge in [0.15, 0.2) is 5.16 Å². The highest BCUT2D eigenvalue weighted by molar-refractivity contribution is 8.00. The van der Waals surface area contributed by atoms with Crippen LogP contribution in [-0.4, -0.2) is 27.3 Å². The van der Waals surface area contributed by atoms with E-state index >= 15 is 0 Å². The lowest BCUT2D eigenvalue weighted by Crippen LogP contribution is -2.33. The number of amides is 1. The summed E-state index contributed by atoms with van der Waals surface area (Å²) in [5.74, 6) is -0.174. The molecule has 0 saturated heterocycles. The van der Waals surface area contributed by atoms with Crippen LogP contribution in [-0.2, 0) is 4.79 Å².